The van der Waals surface area contributed by atoms with E-state index in [9.17, 15) is 0 Å². The summed E-state index contributed by atoms with van der Waals surface area (Å²) in [4.78, 5) is 19.7. The lowest BCUT2D eigenvalue weighted by atomic mass is 9.88. The van der Waals surface area contributed by atoms with Crippen molar-refractivity contribution in [2.75, 3.05) is 0 Å². The van der Waals surface area contributed by atoms with Gasteiger partial charge in [-0.1, -0.05) is 279 Å². The lowest BCUT2D eigenvalue weighted by molar-refractivity contribution is 1.32. The minimum atomic E-state index is 0.950. The molecular formula is C88H56N4. The normalized spacial score (nSPS) is 11.5. The van der Waals surface area contributed by atoms with Gasteiger partial charge >= 0.3 is 0 Å². The van der Waals surface area contributed by atoms with Crippen molar-refractivity contribution in [1.82, 2.24) is 19.9 Å². The Labute approximate surface area is 532 Å². The van der Waals surface area contributed by atoms with Crippen LogP contribution in [0.25, 0.3) is 176 Å². The van der Waals surface area contributed by atoms with Gasteiger partial charge in [-0.3, -0.25) is 9.97 Å². The van der Waals surface area contributed by atoms with Crippen LogP contribution in [-0.4, -0.2) is 19.9 Å². The molecule has 4 nitrogen and oxygen atoms in total. The van der Waals surface area contributed by atoms with Crippen molar-refractivity contribution in [3.05, 3.63) is 340 Å². The van der Waals surface area contributed by atoms with Gasteiger partial charge in [0.2, 0.25) is 0 Å². The highest BCUT2D eigenvalue weighted by Gasteiger charge is 2.21. The van der Waals surface area contributed by atoms with Gasteiger partial charge in [0.25, 0.3) is 0 Å². The fourth-order valence-corrected chi connectivity index (χ4v) is 13.8. The molecule has 0 saturated carbocycles. The largest absolute Gasteiger partial charge is 0.264 e. The summed E-state index contributed by atoms with van der Waals surface area (Å²) in [6.45, 7) is 0. The number of nitrogens with zero attached hydrogens (tertiary/aromatic N) is 4. The summed E-state index contributed by atoms with van der Waals surface area (Å²) in [7, 11) is 0. The zero-order chi connectivity index (χ0) is 60.9. The maximum atomic E-state index is 5.43. The van der Waals surface area contributed by atoms with Crippen molar-refractivity contribution < 1.29 is 0 Å². The average molecular weight is 1170 g/mol. The minimum Gasteiger partial charge on any atom is -0.264 e. The van der Waals surface area contributed by atoms with Crippen molar-refractivity contribution in [2.45, 2.75) is 0 Å². The van der Waals surface area contributed by atoms with E-state index in [1.807, 2.05) is 42.9 Å². The molecule has 428 valence electrons. The topological polar surface area (TPSA) is 51.6 Å². The maximum absolute atomic E-state index is 5.43. The van der Waals surface area contributed by atoms with E-state index in [-0.39, 0.29) is 0 Å². The van der Waals surface area contributed by atoms with Crippen LogP contribution in [0.1, 0.15) is 0 Å². The Morgan fingerprint density at radius 3 is 0.902 bits per heavy atom. The predicted molar refractivity (Wildman–Crippen MR) is 388 cm³/mol. The first-order chi connectivity index (χ1) is 45.6. The molecule has 0 fully saturated rings. The molecule has 4 heteroatoms. The Hall–Kier alpha value is -12.2. The molecule has 0 unspecified atom stereocenters. The second-order valence-corrected chi connectivity index (χ2v) is 23.6. The van der Waals surface area contributed by atoms with Crippen molar-refractivity contribution in [3.8, 4) is 89.4 Å². The Morgan fingerprint density at radius 1 is 0.185 bits per heavy atom. The summed E-state index contributed by atoms with van der Waals surface area (Å²) in [6.07, 6.45) is 5.55. The van der Waals surface area contributed by atoms with Crippen LogP contribution in [0.2, 0.25) is 0 Å². The fraction of sp³-hybridized carbons (Fsp3) is 0. The van der Waals surface area contributed by atoms with Crippen LogP contribution in [0.4, 0.5) is 0 Å². The molecule has 0 bridgehead atoms. The lowest BCUT2D eigenvalue weighted by Gasteiger charge is -2.17. The molecule has 18 aromatic rings. The van der Waals surface area contributed by atoms with Gasteiger partial charge in [0.1, 0.15) is 0 Å². The number of rotatable bonds is 8. The van der Waals surface area contributed by atoms with Crippen molar-refractivity contribution >= 4 is 86.4 Å². The summed E-state index contributed by atoms with van der Waals surface area (Å²) in [5.41, 5.74) is 20.0. The Bertz CT molecular complexity index is 5480. The highest BCUT2D eigenvalue weighted by molar-refractivity contribution is 6.21. The number of benzene rings is 14. The zero-order valence-corrected chi connectivity index (χ0v) is 50.1. The molecule has 4 heterocycles. The second kappa shape index (κ2) is 23.0. The van der Waals surface area contributed by atoms with E-state index < -0.39 is 0 Å². The Kier molecular flexibility index (Phi) is 13.5. The Morgan fingerprint density at radius 2 is 0.522 bits per heavy atom. The molecule has 0 spiro atoms. The van der Waals surface area contributed by atoms with Gasteiger partial charge in [-0.25, -0.2) is 9.97 Å². The van der Waals surface area contributed by atoms with Crippen LogP contribution >= 0.6 is 0 Å². The van der Waals surface area contributed by atoms with Crippen LogP contribution in [0.5, 0.6) is 0 Å². The predicted octanol–water partition coefficient (Wildman–Crippen LogP) is 23.5. The first-order valence-electron chi connectivity index (χ1n) is 31.3. The first-order valence-corrected chi connectivity index (χ1v) is 31.3. The van der Waals surface area contributed by atoms with Gasteiger partial charge in [-0.15, -0.1) is 0 Å². The molecule has 0 radical (unpaired) electrons. The molecule has 0 N–H and O–H groups in total. The number of pyridine rings is 4. The number of aromatic nitrogens is 4. The van der Waals surface area contributed by atoms with E-state index in [1.54, 1.807) is 0 Å². The molecule has 92 heavy (non-hydrogen) atoms. The second-order valence-electron chi connectivity index (χ2n) is 23.6. The SMILES string of the molecule is c1ccc(-c2ccc(-c3cc(-c4cccc5ccccc45)c4cc(-c5cccc6ccccc56)c5ccccc5c4n3)cc2)nc1.c1cncc(-c2ccc(-c3cc(-c4cccc5ccccc45)c4cc(-c5cccc6ccccc56)c5ccccc5c4n3)cc2)c1. The third kappa shape index (κ3) is 9.66. The number of hydrogen-bond donors (Lipinski definition) is 0. The standard InChI is InChI=1S/2C44H28N2/c1-3-15-34-30(10-1)12-7-19-36(34)40-26-42-41(37-20-8-13-31-11-2-4-16-35(31)37)27-43(46-44(42)39-18-6-5-17-38(39)40)32-23-21-29(22-24-32)33-14-9-25-45-28-33;1-3-15-33-29(11-1)13-9-19-35(33)39-27-41-40(36-20-10-14-30-12-2-4-16-34(30)36)28-43(46-44(41)38-18-6-5-17-37(38)39)32-24-22-31(23-25-32)42-21-7-8-26-45-42/h2*1-28H. The molecule has 0 amide bonds. The van der Waals surface area contributed by atoms with E-state index in [0.717, 1.165) is 77.5 Å². The molecule has 0 saturated heterocycles. The van der Waals surface area contributed by atoms with Gasteiger partial charge < -0.3 is 0 Å². The van der Waals surface area contributed by atoms with E-state index in [1.165, 1.54) is 98.4 Å². The monoisotopic (exact) mass is 1170 g/mol. The van der Waals surface area contributed by atoms with Gasteiger partial charge in [0.05, 0.1) is 28.1 Å². The molecular weight excluding hydrogens is 1110 g/mol. The van der Waals surface area contributed by atoms with Crippen LogP contribution < -0.4 is 0 Å². The highest BCUT2D eigenvalue weighted by Crippen LogP contribution is 2.46. The van der Waals surface area contributed by atoms with E-state index in [0.29, 0.717) is 0 Å². The van der Waals surface area contributed by atoms with Crippen LogP contribution in [-0.2, 0) is 0 Å². The van der Waals surface area contributed by atoms with E-state index >= 15 is 0 Å². The molecule has 4 aromatic heterocycles. The quantitative estimate of drug-likeness (QED) is 0.142. The third-order valence-corrected chi connectivity index (χ3v) is 18.3. The smallest absolute Gasteiger partial charge is 0.0794 e. The maximum Gasteiger partial charge on any atom is 0.0794 e. The molecule has 0 aliphatic rings. The zero-order valence-electron chi connectivity index (χ0n) is 50.1. The van der Waals surface area contributed by atoms with Crippen LogP contribution in [0.15, 0.2) is 340 Å². The molecule has 14 aromatic carbocycles. The van der Waals surface area contributed by atoms with E-state index in [2.05, 4.69) is 307 Å². The lowest BCUT2D eigenvalue weighted by Crippen LogP contribution is -1.94. The molecule has 0 aliphatic heterocycles. The minimum absolute atomic E-state index is 0.950. The van der Waals surface area contributed by atoms with Crippen molar-refractivity contribution in [2.24, 2.45) is 0 Å². The summed E-state index contributed by atoms with van der Waals surface area (Å²) >= 11 is 0. The molecule has 0 atom stereocenters. The van der Waals surface area contributed by atoms with Gasteiger partial charge in [-0.2, -0.15) is 0 Å². The average Bonchev–Trinajstić information content (AvgIpc) is 0.749. The third-order valence-electron chi connectivity index (χ3n) is 18.3. The van der Waals surface area contributed by atoms with Crippen molar-refractivity contribution in [3.63, 3.8) is 0 Å². The summed E-state index contributed by atoms with van der Waals surface area (Å²) < 4.78 is 0. The Balaban J connectivity index is 0.000000141. The highest BCUT2D eigenvalue weighted by atomic mass is 14.7. The number of fused-ring (bicyclic) bond motifs is 10. The summed E-state index contributed by atoms with van der Waals surface area (Å²) in [5.74, 6) is 0. The van der Waals surface area contributed by atoms with Crippen molar-refractivity contribution in [1.29, 1.82) is 0 Å². The number of hydrogen-bond acceptors (Lipinski definition) is 4. The van der Waals surface area contributed by atoms with Gasteiger partial charge in [0.15, 0.2) is 0 Å². The first kappa shape index (κ1) is 54.0. The van der Waals surface area contributed by atoms with Crippen LogP contribution in [0.3, 0.4) is 0 Å². The van der Waals surface area contributed by atoms with E-state index in [4.69, 9.17) is 9.97 Å². The van der Waals surface area contributed by atoms with Crippen LogP contribution in [0, 0.1) is 0 Å². The fourth-order valence-electron chi connectivity index (χ4n) is 13.8. The summed E-state index contributed by atoms with van der Waals surface area (Å²) in [6, 6.07) is 115. The molecule has 0 aliphatic carbocycles. The van der Waals surface area contributed by atoms with Gasteiger partial charge in [-0.05, 0) is 152 Å². The summed E-state index contributed by atoms with van der Waals surface area (Å²) in [5, 5.41) is 16.9. The van der Waals surface area contributed by atoms with Gasteiger partial charge in [0, 0.05) is 56.8 Å². The molecule has 18 rings (SSSR count).